The molecule has 0 bridgehead atoms. The van der Waals surface area contributed by atoms with E-state index in [0.29, 0.717) is 18.0 Å². The third-order valence-electron chi connectivity index (χ3n) is 2.71. The molecule has 19 heavy (non-hydrogen) atoms. The fourth-order valence-electron chi connectivity index (χ4n) is 1.75. The number of hydrogen-bond donors (Lipinski definition) is 1. The first kappa shape index (κ1) is 15.9. The van der Waals surface area contributed by atoms with Crippen LogP contribution in [0.25, 0.3) is 0 Å². The summed E-state index contributed by atoms with van der Waals surface area (Å²) in [6.07, 6.45) is 0. The van der Waals surface area contributed by atoms with Crippen molar-refractivity contribution in [3.05, 3.63) is 42.5 Å². The molecule has 0 unspecified atom stereocenters. The molecule has 0 aliphatic rings. The first-order valence-electron chi connectivity index (χ1n) is 6.37. The van der Waals surface area contributed by atoms with Crippen molar-refractivity contribution in [1.82, 2.24) is 9.62 Å². The molecule has 106 valence electrons. The first-order chi connectivity index (χ1) is 8.95. The number of nitrogens with zero attached hydrogens (tertiary/aromatic N) is 1. The van der Waals surface area contributed by atoms with E-state index in [-0.39, 0.29) is 0 Å². The highest BCUT2D eigenvalue weighted by Crippen LogP contribution is 2.06. The lowest BCUT2D eigenvalue weighted by molar-refractivity contribution is 0.317. The summed E-state index contributed by atoms with van der Waals surface area (Å²) in [4.78, 5) is 2.45. The Morgan fingerprint density at radius 2 is 1.95 bits per heavy atom. The minimum atomic E-state index is -3.39. The fourth-order valence-corrected chi connectivity index (χ4v) is 2.79. The van der Waals surface area contributed by atoms with E-state index in [1.807, 2.05) is 6.92 Å². The van der Waals surface area contributed by atoms with Crippen molar-refractivity contribution < 1.29 is 8.42 Å². The van der Waals surface area contributed by atoms with Crippen LogP contribution in [0.15, 0.2) is 47.4 Å². The number of nitrogens with one attached hydrogen (secondary N) is 1. The molecule has 1 aromatic rings. The van der Waals surface area contributed by atoms with E-state index in [4.69, 9.17) is 0 Å². The van der Waals surface area contributed by atoms with Gasteiger partial charge in [-0.3, -0.25) is 4.90 Å². The van der Waals surface area contributed by atoms with Gasteiger partial charge in [-0.05, 0) is 25.6 Å². The van der Waals surface area contributed by atoms with Crippen LogP contribution in [0.5, 0.6) is 0 Å². The lowest BCUT2D eigenvalue weighted by Crippen LogP contribution is -2.35. The van der Waals surface area contributed by atoms with Crippen LogP contribution in [0.2, 0.25) is 0 Å². The van der Waals surface area contributed by atoms with E-state index in [1.54, 1.807) is 30.3 Å². The molecule has 0 aliphatic carbocycles. The normalized spacial score (nSPS) is 11.7. The van der Waals surface area contributed by atoms with Gasteiger partial charge in [-0.25, -0.2) is 13.1 Å². The molecule has 1 aromatic carbocycles. The van der Waals surface area contributed by atoms with E-state index >= 15 is 0 Å². The maximum atomic E-state index is 12.0. The summed E-state index contributed by atoms with van der Waals surface area (Å²) in [5.74, 6) is 0. The van der Waals surface area contributed by atoms with Crippen molar-refractivity contribution in [1.29, 1.82) is 0 Å². The molecule has 0 amide bonds. The van der Waals surface area contributed by atoms with Gasteiger partial charge in [0.1, 0.15) is 0 Å². The van der Waals surface area contributed by atoms with Gasteiger partial charge in [-0.1, -0.05) is 37.3 Å². The Morgan fingerprint density at radius 1 is 1.32 bits per heavy atom. The van der Waals surface area contributed by atoms with Gasteiger partial charge in [0.15, 0.2) is 0 Å². The van der Waals surface area contributed by atoms with E-state index < -0.39 is 10.0 Å². The molecule has 1 rings (SSSR count). The molecule has 0 aromatic heterocycles. The van der Waals surface area contributed by atoms with E-state index in [2.05, 4.69) is 23.1 Å². The second-order valence-corrected chi connectivity index (χ2v) is 6.30. The van der Waals surface area contributed by atoms with Gasteiger partial charge in [0.25, 0.3) is 0 Å². The van der Waals surface area contributed by atoms with Crippen molar-refractivity contribution >= 4 is 10.0 Å². The third kappa shape index (κ3) is 5.55. The standard InChI is InChI=1S/C14H22N2O2S/c1-4-16(12-13(2)3)11-10-15-19(17,18)14-8-6-5-7-9-14/h5-9,15H,2,4,10-12H2,1,3H3. The molecule has 5 heteroatoms. The van der Waals surface area contributed by atoms with E-state index in [1.165, 1.54) is 0 Å². The quantitative estimate of drug-likeness (QED) is 0.740. The molecule has 0 saturated heterocycles. The monoisotopic (exact) mass is 282 g/mol. The van der Waals surface area contributed by atoms with Gasteiger partial charge in [-0.2, -0.15) is 0 Å². The molecule has 0 saturated carbocycles. The van der Waals surface area contributed by atoms with Gasteiger partial charge >= 0.3 is 0 Å². The molecule has 0 spiro atoms. The Hall–Kier alpha value is -1.17. The van der Waals surface area contributed by atoms with Crippen molar-refractivity contribution in [3.8, 4) is 0 Å². The van der Waals surface area contributed by atoms with Gasteiger partial charge in [0.2, 0.25) is 10.0 Å². The zero-order valence-electron chi connectivity index (χ0n) is 11.6. The van der Waals surface area contributed by atoms with E-state index in [0.717, 1.165) is 18.7 Å². The lowest BCUT2D eigenvalue weighted by Gasteiger charge is -2.20. The lowest BCUT2D eigenvalue weighted by atomic mass is 10.3. The number of sulfonamides is 1. The SMILES string of the molecule is C=C(C)CN(CC)CCNS(=O)(=O)c1ccccc1. The molecule has 0 atom stereocenters. The maximum absolute atomic E-state index is 12.0. The van der Waals surface area contributed by atoms with Crippen LogP contribution in [0, 0.1) is 0 Å². The van der Waals surface area contributed by atoms with Gasteiger partial charge in [0, 0.05) is 19.6 Å². The average Bonchev–Trinajstić information content (AvgIpc) is 2.38. The predicted molar refractivity (Wildman–Crippen MR) is 78.6 cm³/mol. The summed E-state index contributed by atoms with van der Waals surface area (Å²) in [6, 6.07) is 8.41. The zero-order chi connectivity index (χ0) is 14.3. The van der Waals surface area contributed by atoms with Gasteiger partial charge in [-0.15, -0.1) is 0 Å². The fraction of sp³-hybridized carbons (Fsp3) is 0.429. The summed E-state index contributed by atoms with van der Waals surface area (Å²) in [5.41, 5.74) is 1.08. The Labute approximate surface area is 116 Å². The number of hydrogen-bond acceptors (Lipinski definition) is 3. The summed E-state index contributed by atoms with van der Waals surface area (Å²) >= 11 is 0. The number of likely N-dealkylation sites (N-methyl/N-ethyl adjacent to an activating group) is 1. The van der Waals surface area contributed by atoms with Crippen LogP contribution in [-0.4, -0.2) is 39.5 Å². The van der Waals surface area contributed by atoms with Crippen molar-refractivity contribution in [3.63, 3.8) is 0 Å². The molecule has 0 radical (unpaired) electrons. The van der Waals surface area contributed by atoms with Crippen molar-refractivity contribution in [2.75, 3.05) is 26.2 Å². The first-order valence-corrected chi connectivity index (χ1v) is 7.85. The predicted octanol–water partition coefficient (Wildman–Crippen LogP) is 1.86. The topological polar surface area (TPSA) is 49.4 Å². The largest absolute Gasteiger partial charge is 0.298 e. The summed E-state index contributed by atoms with van der Waals surface area (Å²) in [6.45, 7) is 10.6. The Bertz CT molecular complexity index is 497. The van der Waals surface area contributed by atoms with Crippen molar-refractivity contribution in [2.45, 2.75) is 18.7 Å². The average molecular weight is 282 g/mol. The van der Waals surface area contributed by atoms with Gasteiger partial charge in [0.05, 0.1) is 4.90 Å². The summed E-state index contributed by atoms with van der Waals surface area (Å²) < 4.78 is 26.6. The second kappa shape index (κ2) is 7.43. The summed E-state index contributed by atoms with van der Waals surface area (Å²) in [7, 11) is -3.39. The van der Waals surface area contributed by atoms with Crippen molar-refractivity contribution in [2.24, 2.45) is 0 Å². The highest BCUT2D eigenvalue weighted by atomic mass is 32.2. The van der Waals surface area contributed by atoms with Crippen LogP contribution in [0.1, 0.15) is 13.8 Å². The highest BCUT2D eigenvalue weighted by Gasteiger charge is 2.13. The third-order valence-corrected chi connectivity index (χ3v) is 4.19. The number of rotatable bonds is 8. The Balaban J connectivity index is 2.50. The minimum absolute atomic E-state index is 0.304. The maximum Gasteiger partial charge on any atom is 0.240 e. The molecule has 4 nitrogen and oxygen atoms in total. The molecule has 0 aliphatic heterocycles. The van der Waals surface area contributed by atoms with Gasteiger partial charge < -0.3 is 0 Å². The molecular weight excluding hydrogens is 260 g/mol. The molecule has 1 N–H and O–H groups in total. The minimum Gasteiger partial charge on any atom is -0.298 e. The number of benzene rings is 1. The molecule has 0 fully saturated rings. The van der Waals surface area contributed by atoms with E-state index in [9.17, 15) is 8.42 Å². The van der Waals surface area contributed by atoms with Crippen LogP contribution in [-0.2, 0) is 10.0 Å². The molecular formula is C14H22N2O2S. The Morgan fingerprint density at radius 3 is 2.47 bits per heavy atom. The Kier molecular flexibility index (Phi) is 6.21. The summed E-state index contributed by atoms with van der Waals surface area (Å²) in [5, 5.41) is 0. The molecule has 0 heterocycles. The van der Waals surface area contributed by atoms with Crippen LogP contribution >= 0.6 is 0 Å². The van der Waals surface area contributed by atoms with Crippen LogP contribution in [0.3, 0.4) is 0 Å². The van der Waals surface area contributed by atoms with Crippen LogP contribution < -0.4 is 4.72 Å². The highest BCUT2D eigenvalue weighted by molar-refractivity contribution is 7.89. The second-order valence-electron chi connectivity index (χ2n) is 4.54. The smallest absolute Gasteiger partial charge is 0.240 e. The van der Waals surface area contributed by atoms with Crippen LogP contribution in [0.4, 0.5) is 0 Å². The zero-order valence-corrected chi connectivity index (χ0v) is 12.4.